The molecule has 80 valence electrons. The van der Waals surface area contributed by atoms with Gasteiger partial charge in [-0.15, -0.1) is 0 Å². The zero-order valence-electron chi connectivity index (χ0n) is 8.66. The summed E-state index contributed by atoms with van der Waals surface area (Å²) in [5.41, 5.74) is -0.128. The van der Waals surface area contributed by atoms with Gasteiger partial charge in [0.15, 0.2) is 6.21 Å². The summed E-state index contributed by atoms with van der Waals surface area (Å²) >= 11 is 0. The second-order valence-electron chi connectivity index (χ2n) is 3.63. The lowest BCUT2D eigenvalue weighted by Gasteiger charge is -2.18. The molecule has 0 aliphatic rings. The van der Waals surface area contributed by atoms with Crippen LogP contribution < -0.4 is 0 Å². The fourth-order valence-electron chi connectivity index (χ4n) is 0.949. The lowest BCUT2D eigenvalue weighted by Crippen LogP contribution is -2.35. The summed E-state index contributed by atoms with van der Waals surface area (Å²) in [6, 6.07) is 3.44. The predicted molar refractivity (Wildman–Crippen MR) is 57.4 cm³/mol. The third-order valence-corrected chi connectivity index (χ3v) is 1.91. The van der Waals surface area contributed by atoms with Gasteiger partial charge in [0.25, 0.3) is 0 Å². The molecule has 1 N–H and O–H groups in total. The monoisotopic (exact) mass is 207 g/mol. The van der Waals surface area contributed by atoms with Crippen molar-refractivity contribution in [1.29, 1.82) is 0 Å². The fourth-order valence-corrected chi connectivity index (χ4v) is 0.949. The number of hydroxylamine groups is 1. The topological polar surface area (TPSA) is 71.5 Å². The van der Waals surface area contributed by atoms with Crippen LogP contribution in [-0.2, 0) is 0 Å². The summed E-state index contributed by atoms with van der Waals surface area (Å²) in [4.78, 5) is 3.84. The van der Waals surface area contributed by atoms with Gasteiger partial charge in [-0.05, 0) is 12.1 Å². The van der Waals surface area contributed by atoms with Crippen LogP contribution in [0.2, 0.25) is 0 Å². The highest BCUT2D eigenvalue weighted by Gasteiger charge is 2.23. The largest absolute Gasteiger partial charge is 0.623 e. The first-order chi connectivity index (χ1) is 7.06. The summed E-state index contributed by atoms with van der Waals surface area (Å²) in [5, 5.41) is 22.9. The molecule has 1 aromatic heterocycles. The molecule has 5 nitrogen and oxygen atoms in total. The number of hydrogen-bond donors (Lipinski definition) is 1. The van der Waals surface area contributed by atoms with Gasteiger partial charge in [0.2, 0.25) is 5.54 Å². The third-order valence-electron chi connectivity index (χ3n) is 1.91. The van der Waals surface area contributed by atoms with Crippen molar-refractivity contribution in [1.82, 2.24) is 4.98 Å². The summed E-state index contributed by atoms with van der Waals surface area (Å²) in [5.74, 6) is 0. The number of oxime groups is 1. The van der Waals surface area contributed by atoms with E-state index in [1.807, 2.05) is 0 Å². The maximum atomic E-state index is 11.7. The van der Waals surface area contributed by atoms with Gasteiger partial charge in [-0.1, -0.05) is 5.16 Å². The molecule has 0 radical (unpaired) electrons. The Labute approximate surface area is 88.0 Å². The van der Waals surface area contributed by atoms with Crippen LogP contribution in [0.1, 0.15) is 19.4 Å². The molecule has 0 saturated carbocycles. The first-order valence-electron chi connectivity index (χ1n) is 4.46. The van der Waals surface area contributed by atoms with Crippen molar-refractivity contribution in [3.63, 3.8) is 0 Å². The Balaban J connectivity index is 2.94. The SMILES string of the molecule is CC(C)(C=NO)[N+]([O-])=Cc1ccncc1. The van der Waals surface area contributed by atoms with Gasteiger partial charge in [0, 0.05) is 31.8 Å². The van der Waals surface area contributed by atoms with Crippen molar-refractivity contribution in [2.75, 3.05) is 0 Å². The summed E-state index contributed by atoms with van der Waals surface area (Å²) in [6.07, 6.45) is 5.81. The van der Waals surface area contributed by atoms with Gasteiger partial charge >= 0.3 is 0 Å². The van der Waals surface area contributed by atoms with E-state index < -0.39 is 5.54 Å². The van der Waals surface area contributed by atoms with Gasteiger partial charge in [0.05, 0.1) is 0 Å². The smallest absolute Gasteiger partial charge is 0.205 e. The Morgan fingerprint density at radius 1 is 1.47 bits per heavy atom. The molecule has 1 rings (SSSR count). The highest BCUT2D eigenvalue weighted by molar-refractivity contribution is 5.77. The Hall–Kier alpha value is -1.91. The molecule has 5 heteroatoms. The molecule has 1 aromatic rings. The Morgan fingerprint density at radius 2 is 2.07 bits per heavy atom. The van der Waals surface area contributed by atoms with E-state index in [0.717, 1.165) is 10.3 Å². The molecule has 0 aromatic carbocycles. The Kier molecular flexibility index (Phi) is 3.38. The van der Waals surface area contributed by atoms with Crippen molar-refractivity contribution < 1.29 is 9.95 Å². The molecule has 1 heterocycles. The quantitative estimate of drug-likeness (QED) is 0.266. The first-order valence-corrected chi connectivity index (χ1v) is 4.46. The minimum atomic E-state index is -0.877. The maximum absolute atomic E-state index is 11.7. The fraction of sp³-hybridized carbons (Fsp3) is 0.300. The van der Waals surface area contributed by atoms with Crippen molar-refractivity contribution in [2.24, 2.45) is 5.16 Å². The third kappa shape index (κ3) is 3.05. The number of hydrogen-bond acceptors (Lipinski definition) is 4. The zero-order chi connectivity index (χ0) is 11.3. The van der Waals surface area contributed by atoms with Crippen molar-refractivity contribution in [2.45, 2.75) is 19.4 Å². The molecular formula is C10H13N3O2. The minimum absolute atomic E-state index is 0.724. The minimum Gasteiger partial charge on any atom is -0.623 e. The van der Waals surface area contributed by atoms with Crippen LogP contribution in [0.15, 0.2) is 29.7 Å². The molecule has 0 spiro atoms. The number of pyridine rings is 1. The number of nitrogens with zero attached hydrogens (tertiary/aromatic N) is 3. The highest BCUT2D eigenvalue weighted by atomic mass is 16.5. The van der Waals surface area contributed by atoms with E-state index in [4.69, 9.17) is 5.21 Å². The van der Waals surface area contributed by atoms with Crippen LogP contribution in [0, 0.1) is 5.21 Å². The molecule has 0 aliphatic heterocycles. The Bertz CT molecular complexity index is 372. The van der Waals surface area contributed by atoms with Crippen LogP contribution in [0.25, 0.3) is 0 Å². The average molecular weight is 207 g/mol. The van der Waals surface area contributed by atoms with Gasteiger partial charge < -0.3 is 10.4 Å². The molecular weight excluding hydrogens is 194 g/mol. The van der Waals surface area contributed by atoms with E-state index in [1.165, 1.54) is 12.4 Å². The van der Waals surface area contributed by atoms with E-state index in [-0.39, 0.29) is 0 Å². The molecule has 0 amide bonds. The van der Waals surface area contributed by atoms with E-state index in [2.05, 4.69) is 10.1 Å². The average Bonchev–Trinajstić information content (AvgIpc) is 2.19. The van der Waals surface area contributed by atoms with E-state index >= 15 is 0 Å². The zero-order valence-corrected chi connectivity index (χ0v) is 8.66. The number of aromatic nitrogens is 1. The van der Waals surface area contributed by atoms with Crippen LogP contribution in [0.4, 0.5) is 0 Å². The van der Waals surface area contributed by atoms with Crippen molar-refractivity contribution >= 4 is 12.4 Å². The van der Waals surface area contributed by atoms with Crippen LogP contribution in [-0.4, -0.2) is 32.9 Å². The molecule has 0 atom stereocenters. The second-order valence-corrected chi connectivity index (χ2v) is 3.63. The molecule has 0 aliphatic carbocycles. The van der Waals surface area contributed by atoms with Gasteiger partial charge in [-0.3, -0.25) is 4.98 Å². The standard InChI is InChI=1S/C10H13N3O2/c1-10(2,8-12-14)13(15)7-9-3-5-11-6-4-9/h3-8,14H,1-2H3. The summed E-state index contributed by atoms with van der Waals surface area (Å²) < 4.78 is 0.724. The molecule has 15 heavy (non-hydrogen) atoms. The van der Waals surface area contributed by atoms with Gasteiger partial charge in [0.1, 0.15) is 6.21 Å². The molecule has 0 fully saturated rings. The van der Waals surface area contributed by atoms with Crippen molar-refractivity contribution in [3.8, 4) is 0 Å². The Morgan fingerprint density at radius 3 is 2.60 bits per heavy atom. The number of rotatable bonds is 3. The molecule has 0 saturated heterocycles. The van der Waals surface area contributed by atoms with Gasteiger partial charge in [-0.25, -0.2) is 4.74 Å². The van der Waals surface area contributed by atoms with Crippen molar-refractivity contribution in [3.05, 3.63) is 35.3 Å². The molecule has 0 unspecified atom stereocenters. The van der Waals surface area contributed by atoms with Crippen LogP contribution in [0.3, 0.4) is 0 Å². The van der Waals surface area contributed by atoms with Crippen LogP contribution in [0.5, 0.6) is 0 Å². The molecule has 0 bridgehead atoms. The van der Waals surface area contributed by atoms with Gasteiger partial charge in [-0.2, -0.15) is 0 Å². The normalized spacial score (nSPS) is 13.3. The lowest BCUT2D eigenvalue weighted by molar-refractivity contribution is -0.511. The van der Waals surface area contributed by atoms with E-state index in [9.17, 15) is 5.21 Å². The predicted octanol–water partition coefficient (Wildman–Crippen LogP) is 1.25. The van der Waals surface area contributed by atoms with Crippen LogP contribution >= 0.6 is 0 Å². The van der Waals surface area contributed by atoms with E-state index in [0.29, 0.717) is 0 Å². The maximum Gasteiger partial charge on any atom is 0.205 e. The lowest BCUT2D eigenvalue weighted by atomic mass is 10.1. The highest BCUT2D eigenvalue weighted by Crippen LogP contribution is 2.05. The summed E-state index contributed by atoms with van der Waals surface area (Å²) in [6.45, 7) is 3.30. The summed E-state index contributed by atoms with van der Waals surface area (Å²) in [7, 11) is 0. The first kappa shape index (κ1) is 11.2. The second kappa shape index (κ2) is 4.54. The van der Waals surface area contributed by atoms with E-state index in [1.54, 1.807) is 38.4 Å².